The molecule has 3 rings (SSSR count). The zero-order valence-corrected chi connectivity index (χ0v) is 11.4. The summed E-state index contributed by atoms with van der Waals surface area (Å²) in [6.07, 6.45) is 6.87. The van der Waals surface area contributed by atoms with Gasteiger partial charge >= 0.3 is 5.97 Å². The number of rotatable bonds is 3. The Labute approximate surface area is 122 Å². The lowest BCUT2D eigenvalue weighted by molar-refractivity contribution is -0.130. The molecule has 0 aliphatic carbocycles. The van der Waals surface area contributed by atoms with E-state index in [0.717, 1.165) is 16.9 Å². The highest BCUT2D eigenvalue weighted by Gasteiger charge is 2.21. The number of hydrogen-bond donors (Lipinski definition) is 0. The van der Waals surface area contributed by atoms with Crippen molar-refractivity contribution >= 4 is 17.8 Å². The molecule has 1 aromatic carbocycles. The third kappa shape index (κ3) is 2.84. The summed E-state index contributed by atoms with van der Waals surface area (Å²) >= 11 is 0. The van der Waals surface area contributed by atoms with Gasteiger partial charge in [0.1, 0.15) is 11.5 Å². The Hall–Kier alpha value is -2.88. The summed E-state index contributed by atoms with van der Waals surface area (Å²) < 4.78 is 10.4. The number of cyclic esters (lactones) is 1. The SMILES string of the molecule is COc1ccc(C2=CC(=Cc3cccnc3)C(=O)O2)cc1. The summed E-state index contributed by atoms with van der Waals surface area (Å²) in [7, 11) is 1.61. The minimum Gasteiger partial charge on any atom is -0.497 e. The van der Waals surface area contributed by atoms with Gasteiger partial charge in [0.2, 0.25) is 0 Å². The average molecular weight is 279 g/mol. The van der Waals surface area contributed by atoms with Gasteiger partial charge in [-0.25, -0.2) is 4.79 Å². The number of esters is 1. The number of pyridine rings is 1. The van der Waals surface area contributed by atoms with Crippen LogP contribution in [0.4, 0.5) is 0 Å². The molecule has 0 N–H and O–H groups in total. The molecular formula is C17H13NO3. The Kier molecular flexibility index (Phi) is 3.51. The number of methoxy groups -OCH3 is 1. The first kappa shape index (κ1) is 13.1. The number of carbonyl (C=O) groups excluding carboxylic acids is 1. The summed E-state index contributed by atoms with van der Waals surface area (Å²) in [5.74, 6) is 0.942. The molecule has 4 heteroatoms. The van der Waals surface area contributed by atoms with Gasteiger partial charge in [-0.3, -0.25) is 4.98 Å². The second kappa shape index (κ2) is 5.63. The molecule has 0 amide bonds. The van der Waals surface area contributed by atoms with Crippen LogP contribution >= 0.6 is 0 Å². The first-order valence-electron chi connectivity index (χ1n) is 6.46. The quantitative estimate of drug-likeness (QED) is 0.640. The maximum Gasteiger partial charge on any atom is 0.343 e. The smallest absolute Gasteiger partial charge is 0.343 e. The molecular weight excluding hydrogens is 266 g/mol. The molecule has 1 aliphatic rings. The van der Waals surface area contributed by atoms with Crippen LogP contribution in [0.3, 0.4) is 0 Å². The molecule has 2 heterocycles. The van der Waals surface area contributed by atoms with Gasteiger partial charge in [0.05, 0.1) is 12.7 Å². The van der Waals surface area contributed by atoms with Crippen molar-refractivity contribution in [1.82, 2.24) is 4.98 Å². The van der Waals surface area contributed by atoms with E-state index in [4.69, 9.17) is 9.47 Å². The van der Waals surface area contributed by atoms with Gasteiger partial charge in [-0.2, -0.15) is 0 Å². The van der Waals surface area contributed by atoms with Gasteiger partial charge in [0.15, 0.2) is 0 Å². The maximum absolute atomic E-state index is 11.9. The maximum atomic E-state index is 11.9. The van der Waals surface area contributed by atoms with E-state index >= 15 is 0 Å². The largest absolute Gasteiger partial charge is 0.497 e. The number of nitrogens with zero attached hydrogens (tertiary/aromatic N) is 1. The van der Waals surface area contributed by atoms with Gasteiger partial charge in [-0.05, 0) is 48.0 Å². The first-order chi connectivity index (χ1) is 10.3. The zero-order valence-electron chi connectivity index (χ0n) is 11.4. The van der Waals surface area contributed by atoms with Crippen LogP contribution in [0.5, 0.6) is 5.75 Å². The van der Waals surface area contributed by atoms with Crippen molar-refractivity contribution in [2.24, 2.45) is 0 Å². The van der Waals surface area contributed by atoms with Crippen LogP contribution in [0, 0.1) is 0 Å². The van der Waals surface area contributed by atoms with Gasteiger partial charge in [-0.15, -0.1) is 0 Å². The summed E-state index contributed by atoms with van der Waals surface area (Å²) in [5.41, 5.74) is 2.20. The fraction of sp³-hybridized carbons (Fsp3) is 0.0588. The third-order valence-corrected chi connectivity index (χ3v) is 3.11. The standard InChI is InChI=1S/C17H13NO3/c1-20-15-6-4-13(5-7-15)16-10-14(17(19)21-16)9-12-3-2-8-18-11-12/h2-11H,1H3. The molecule has 1 aromatic heterocycles. The van der Waals surface area contributed by atoms with E-state index in [1.54, 1.807) is 31.7 Å². The van der Waals surface area contributed by atoms with Crippen LogP contribution in [0.1, 0.15) is 11.1 Å². The Bertz CT molecular complexity index is 715. The molecule has 0 spiro atoms. The van der Waals surface area contributed by atoms with Crippen molar-refractivity contribution in [2.45, 2.75) is 0 Å². The number of aromatic nitrogens is 1. The van der Waals surface area contributed by atoms with Crippen LogP contribution in [-0.4, -0.2) is 18.1 Å². The van der Waals surface area contributed by atoms with E-state index in [0.29, 0.717) is 11.3 Å². The lowest BCUT2D eigenvalue weighted by atomic mass is 10.1. The highest BCUT2D eigenvalue weighted by atomic mass is 16.5. The summed E-state index contributed by atoms with van der Waals surface area (Å²) in [4.78, 5) is 15.9. The molecule has 4 nitrogen and oxygen atoms in total. The van der Waals surface area contributed by atoms with E-state index in [-0.39, 0.29) is 5.97 Å². The van der Waals surface area contributed by atoms with Gasteiger partial charge in [0, 0.05) is 18.0 Å². The minimum atomic E-state index is -0.357. The predicted octanol–water partition coefficient (Wildman–Crippen LogP) is 3.07. The fourth-order valence-corrected chi connectivity index (χ4v) is 2.03. The lowest BCUT2D eigenvalue weighted by Crippen LogP contribution is -1.97. The van der Waals surface area contributed by atoms with Crippen molar-refractivity contribution in [3.63, 3.8) is 0 Å². The molecule has 0 saturated carbocycles. The van der Waals surface area contributed by atoms with E-state index < -0.39 is 0 Å². The van der Waals surface area contributed by atoms with Crippen molar-refractivity contribution in [2.75, 3.05) is 7.11 Å². The normalized spacial score (nSPS) is 15.8. The molecule has 21 heavy (non-hydrogen) atoms. The van der Waals surface area contributed by atoms with Gasteiger partial charge in [0.25, 0.3) is 0 Å². The van der Waals surface area contributed by atoms with Crippen LogP contribution in [-0.2, 0) is 9.53 Å². The van der Waals surface area contributed by atoms with E-state index in [1.165, 1.54) is 0 Å². The van der Waals surface area contributed by atoms with E-state index in [2.05, 4.69) is 4.98 Å². The zero-order chi connectivity index (χ0) is 14.7. The van der Waals surface area contributed by atoms with Crippen LogP contribution < -0.4 is 4.74 Å². The summed E-state index contributed by atoms with van der Waals surface area (Å²) in [5, 5.41) is 0. The van der Waals surface area contributed by atoms with Crippen LogP contribution in [0.2, 0.25) is 0 Å². The van der Waals surface area contributed by atoms with Crippen molar-refractivity contribution in [3.05, 3.63) is 71.6 Å². The van der Waals surface area contributed by atoms with Gasteiger partial charge in [-0.1, -0.05) is 6.07 Å². The van der Waals surface area contributed by atoms with Crippen LogP contribution in [0.25, 0.3) is 11.8 Å². The van der Waals surface area contributed by atoms with E-state index in [1.807, 2.05) is 36.4 Å². The fourth-order valence-electron chi connectivity index (χ4n) is 2.03. The first-order valence-corrected chi connectivity index (χ1v) is 6.46. The summed E-state index contributed by atoms with van der Waals surface area (Å²) in [6.45, 7) is 0. The monoisotopic (exact) mass is 279 g/mol. The van der Waals surface area contributed by atoms with Gasteiger partial charge < -0.3 is 9.47 Å². The Morgan fingerprint density at radius 3 is 2.67 bits per heavy atom. The van der Waals surface area contributed by atoms with Crippen molar-refractivity contribution < 1.29 is 14.3 Å². The van der Waals surface area contributed by atoms with Crippen LogP contribution in [0.15, 0.2) is 60.4 Å². The Balaban J connectivity index is 1.89. The third-order valence-electron chi connectivity index (χ3n) is 3.11. The molecule has 1 aliphatic heterocycles. The molecule has 0 unspecified atom stereocenters. The molecule has 2 aromatic rings. The molecule has 0 atom stereocenters. The number of ether oxygens (including phenoxy) is 2. The van der Waals surface area contributed by atoms with E-state index in [9.17, 15) is 4.79 Å². The lowest BCUT2D eigenvalue weighted by Gasteiger charge is -2.03. The second-order valence-electron chi connectivity index (χ2n) is 4.51. The predicted molar refractivity (Wildman–Crippen MR) is 79.3 cm³/mol. The molecule has 0 radical (unpaired) electrons. The highest BCUT2D eigenvalue weighted by molar-refractivity contribution is 6.05. The average Bonchev–Trinajstić information content (AvgIpc) is 2.89. The number of carbonyl (C=O) groups is 1. The summed E-state index contributed by atoms with van der Waals surface area (Å²) in [6, 6.07) is 11.1. The minimum absolute atomic E-state index is 0.357. The second-order valence-corrected chi connectivity index (χ2v) is 4.51. The molecule has 0 bridgehead atoms. The molecule has 0 fully saturated rings. The topological polar surface area (TPSA) is 48.4 Å². The number of benzene rings is 1. The number of hydrogen-bond acceptors (Lipinski definition) is 4. The van der Waals surface area contributed by atoms with Crippen molar-refractivity contribution in [1.29, 1.82) is 0 Å². The molecule has 104 valence electrons. The Morgan fingerprint density at radius 2 is 2.00 bits per heavy atom. The highest BCUT2D eigenvalue weighted by Crippen LogP contribution is 2.28. The Morgan fingerprint density at radius 1 is 1.19 bits per heavy atom. The van der Waals surface area contributed by atoms with Crippen molar-refractivity contribution in [3.8, 4) is 5.75 Å². The molecule has 0 saturated heterocycles.